The lowest BCUT2D eigenvalue weighted by molar-refractivity contribution is -0.140. The highest BCUT2D eigenvalue weighted by molar-refractivity contribution is 7.09. The second-order valence-electron chi connectivity index (χ2n) is 6.54. The van der Waals surface area contributed by atoms with Gasteiger partial charge in [0.05, 0.1) is 0 Å². The summed E-state index contributed by atoms with van der Waals surface area (Å²) in [7, 11) is 0. The molecule has 3 nitrogen and oxygen atoms in total. The van der Waals surface area contributed by atoms with E-state index in [1.807, 2.05) is 0 Å². The lowest BCUT2D eigenvalue weighted by atomic mass is 9.87. The van der Waals surface area contributed by atoms with Crippen molar-refractivity contribution < 1.29 is 9.53 Å². The van der Waals surface area contributed by atoms with Gasteiger partial charge in [-0.1, -0.05) is 25.3 Å². The lowest BCUT2D eigenvalue weighted by Gasteiger charge is -2.37. The van der Waals surface area contributed by atoms with E-state index < -0.39 is 0 Å². The van der Waals surface area contributed by atoms with Crippen LogP contribution in [0, 0.1) is 5.92 Å². The third-order valence-corrected chi connectivity index (χ3v) is 5.98. The van der Waals surface area contributed by atoms with Crippen LogP contribution in [0.5, 0.6) is 0 Å². The summed E-state index contributed by atoms with van der Waals surface area (Å²) in [5, 5.41) is 2.12. The summed E-state index contributed by atoms with van der Waals surface area (Å²) in [6.07, 6.45) is 8.94. The molecule has 22 heavy (non-hydrogen) atoms. The van der Waals surface area contributed by atoms with Crippen LogP contribution in [0.4, 0.5) is 0 Å². The van der Waals surface area contributed by atoms with Gasteiger partial charge in [-0.15, -0.1) is 11.3 Å². The Morgan fingerprint density at radius 3 is 2.64 bits per heavy atom. The van der Waals surface area contributed by atoms with Gasteiger partial charge in [-0.3, -0.25) is 4.79 Å². The molecule has 0 N–H and O–H groups in total. The first-order valence-electron chi connectivity index (χ1n) is 8.75. The monoisotopic (exact) mass is 321 g/mol. The Morgan fingerprint density at radius 2 is 1.95 bits per heavy atom. The number of ether oxygens (including phenoxy) is 1. The molecule has 1 aliphatic carbocycles. The van der Waals surface area contributed by atoms with Crippen molar-refractivity contribution in [3.05, 3.63) is 22.4 Å². The number of nitrogens with zero attached hydrogens (tertiary/aromatic N) is 1. The summed E-state index contributed by atoms with van der Waals surface area (Å²) >= 11 is 1.80. The Kier molecular flexibility index (Phi) is 5.90. The van der Waals surface area contributed by atoms with Gasteiger partial charge < -0.3 is 9.64 Å². The summed E-state index contributed by atoms with van der Waals surface area (Å²) in [6, 6.07) is 4.67. The number of carbonyl (C=O) groups is 1. The maximum Gasteiger partial charge on any atom is 0.225 e. The standard InChI is InChI=1S/C18H27NO2S/c20-18(15-5-2-1-3-6-15)19(16-9-12-21-13-10-16)11-8-17-7-4-14-22-17/h4,7,14-16H,1-3,5-6,8-13H2. The zero-order chi connectivity index (χ0) is 15.2. The molecule has 1 aromatic rings. The molecule has 2 aliphatic rings. The van der Waals surface area contributed by atoms with E-state index in [4.69, 9.17) is 4.74 Å². The van der Waals surface area contributed by atoms with Crippen LogP contribution in [0.1, 0.15) is 49.8 Å². The Morgan fingerprint density at radius 1 is 1.18 bits per heavy atom. The Bertz CT molecular complexity index is 448. The fraction of sp³-hybridized carbons (Fsp3) is 0.722. The minimum atomic E-state index is 0.278. The normalized spacial score (nSPS) is 20.9. The summed E-state index contributed by atoms with van der Waals surface area (Å²) in [4.78, 5) is 16.6. The summed E-state index contributed by atoms with van der Waals surface area (Å²) < 4.78 is 5.49. The van der Waals surface area contributed by atoms with Crippen molar-refractivity contribution >= 4 is 17.2 Å². The van der Waals surface area contributed by atoms with E-state index in [2.05, 4.69) is 22.4 Å². The van der Waals surface area contributed by atoms with Crippen molar-refractivity contribution in [2.75, 3.05) is 19.8 Å². The molecule has 0 radical (unpaired) electrons. The van der Waals surface area contributed by atoms with Crippen LogP contribution in [0.2, 0.25) is 0 Å². The number of thiophene rings is 1. The van der Waals surface area contributed by atoms with E-state index in [0.29, 0.717) is 11.9 Å². The van der Waals surface area contributed by atoms with Gasteiger partial charge in [0.2, 0.25) is 5.91 Å². The molecule has 1 aliphatic heterocycles. The van der Waals surface area contributed by atoms with Gasteiger partial charge in [0.1, 0.15) is 0 Å². The van der Waals surface area contributed by atoms with Crippen LogP contribution >= 0.6 is 11.3 Å². The van der Waals surface area contributed by atoms with Gasteiger partial charge in [-0.2, -0.15) is 0 Å². The van der Waals surface area contributed by atoms with Crippen molar-refractivity contribution in [1.82, 2.24) is 4.90 Å². The predicted octanol–water partition coefficient (Wildman–Crippen LogP) is 3.88. The van der Waals surface area contributed by atoms with Gasteiger partial charge in [0.25, 0.3) is 0 Å². The second-order valence-corrected chi connectivity index (χ2v) is 7.57. The minimum Gasteiger partial charge on any atom is -0.381 e. The molecule has 2 heterocycles. The van der Waals surface area contributed by atoms with Crippen LogP contribution < -0.4 is 0 Å². The molecule has 0 bridgehead atoms. The lowest BCUT2D eigenvalue weighted by Crippen LogP contribution is -2.47. The molecular weight excluding hydrogens is 294 g/mol. The SMILES string of the molecule is O=C(C1CCCCC1)N(CCc1cccs1)C1CCOCC1. The number of hydrogen-bond donors (Lipinski definition) is 0. The average Bonchev–Trinajstić information content (AvgIpc) is 3.10. The van der Waals surface area contributed by atoms with Gasteiger partial charge in [-0.05, 0) is 43.6 Å². The van der Waals surface area contributed by atoms with Gasteiger partial charge in [0.15, 0.2) is 0 Å². The molecule has 0 unspecified atom stereocenters. The molecule has 1 aromatic heterocycles. The fourth-order valence-electron chi connectivity index (χ4n) is 3.74. The molecule has 4 heteroatoms. The van der Waals surface area contributed by atoms with Crippen LogP contribution in [0.25, 0.3) is 0 Å². The quantitative estimate of drug-likeness (QED) is 0.824. The smallest absolute Gasteiger partial charge is 0.225 e. The number of carbonyl (C=O) groups excluding carboxylic acids is 1. The third kappa shape index (κ3) is 4.11. The van der Waals surface area contributed by atoms with Crippen molar-refractivity contribution in [3.63, 3.8) is 0 Å². The van der Waals surface area contributed by atoms with E-state index in [0.717, 1.165) is 51.9 Å². The molecule has 1 amide bonds. The maximum absolute atomic E-state index is 13.0. The molecule has 0 spiro atoms. The zero-order valence-corrected chi connectivity index (χ0v) is 14.2. The first-order chi connectivity index (χ1) is 10.8. The summed E-state index contributed by atoms with van der Waals surface area (Å²) in [5.74, 6) is 0.697. The van der Waals surface area contributed by atoms with Gasteiger partial charge in [0, 0.05) is 36.6 Å². The molecule has 0 aromatic carbocycles. The molecule has 1 saturated carbocycles. The van der Waals surface area contributed by atoms with Crippen LogP contribution in [-0.2, 0) is 16.0 Å². The van der Waals surface area contributed by atoms with Crippen molar-refractivity contribution in [3.8, 4) is 0 Å². The topological polar surface area (TPSA) is 29.5 Å². The van der Waals surface area contributed by atoms with E-state index in [-0.39, 0.29) is 5.92 Å². The van der Waals surface area contributed by atoms with E-state index in [9.17, 15) is 4.79 Å². The first kappa shape index (κ1) is 16.0. The highest BCUT2D eigenvalue weighted by Crippen LogP contribution is 2.28. The van der Waals surface area contributed by atoms with Crippen molar-refractivity contribution in [1.29, 1.82) is 0 Å². The molecule has 1 saturated heterocycles. The maximum atomic E-state index is 13.0. The van der Waals surface area contributed by atoms with Crippen LogP contribution in [-0.4, -0.2) is 36.6 Å². The molecule has 0 atom stereocenters. The number of rotatable bonds is 5. The molecular formula is C18H27NO2S. The average molecular weight is 321 g/mol. The summed E-state index contributed by atoms with van der Waals surface area (Å²) in [5.41, 5.74) is 0. The van der Waals surface area contributed by atoms with Crippen molar-refractivity contribution in [2.24, 2.45) is 5.92 Å². The Labute approximate surface area is 137 Å². The molecule has 3 rings (SSSR count). The highest BCUT2D eigenvalue weighted by Gasteiger charge is 2.31. The van der Waals surface area contributed by atoms with Gasteiger partial charge in [-0.25, -0.2) is 0 Å². The number of amides is 1. The minimum absolute atomic E-state index is 0.278. The molecule has 2 fully saturated rings. The molecule has 122 valence electrons. The van der Waals surface area contributed by atoms with Gasteiger partial charge >= 0.3 is 0 Å². The summed E-state index contributed by atoms with van der Waals surface area (Å²) in [6.45, 7) is 2.48. The van der Waals surface area contributed by atoms with E-state index >= 15 is 0 Å². The number of hydrogen-bond acceptors (Lipinski definition) is 3. The van der Waals surface area contributed by atoms with Crippen LogP contribution in [0.3, 0.4) is 0 Å². The fourth-order valence-corrected chi connectivity index (χ4v) is 4.44. The van der Waals surface area contributed by atoms with E-state index in [1.54, 1.807) is 11.3 Å². The predicted molar refractivity (Wildman–Crippen MR) is 90.2 cm³/mol. The third-order valence-electron chi connectivity index (χ3n) is 5.05. The van der Waals surface area contributed by atoms with Crippen LogP contribution in [0.15, 0.2) is 17.5 Å². The van der Waals surface area contributed by atoms with Crippen molar-refractivity contribution in [2.45, 2.75) is 57.4 Å². The Balaban J connectivity index is 1.65. The zero-order valence-electron chi connectivity index (χ0n) is 13.3. The second kappa shape index (κ2) is 8.11. The largest absolute Gasteiger partial charge is 0.381 e. The highest BCUT2D eigenvalue weighted by atomic mass is 32.1. The van der Waals surface area contributed by atoms with E-state index in [1.165, 1.54) is 24.1 Å². The first-order valence-corrected chi connectivity index (χ1v) is 9.63. The Hall–Kier alpha value is -0.870.